The van der Waals surface area contributed by atoms with E-state index < -0.39 is 0 Å². The van der Waals surface area contributed by atoms with Gasteiger partial charge in [-0.15, -0.1) is 0 Å². The zero-order chi connectivity index (χ0) is 13.1. The molecular formula is C16H19NO2. The first-order chi connectivity index (χ1) is 9.34. The van der Waals surface area contributed by atoms with Crippen molar-refractivity contribution in [3.63, 3.8) is 0 Å². The van der Waals surface area contributed by atoms with Crippen molar-refractivity contribution < 1.29 is 9.47 Å². The van der Waals surface area contributed by atoms with Crippen molar-refractivity contribution in [2.24, 2.45) is 0 Å². The molecule has 1 atom stereocenters. The maximum atomic E-state index is 6.00. The number of rotatable bonds is 3. The van der Waals surface area contributed by atoms with E-state index in [4.69, 9.17) is 15.2 Å². The minimum absolute atomic E-state index is 0.0509. The molecule has 3 rings (SSSR count). The molecule has 1 aliphatic heterocycles. The minimum Gasteiger partial charge on any atom is -0.398 e. The summed E-state index contributed by atoms with van der Waals surface area (Å²) >= 11 is 0. The maximum absolute atomic E-state index is 6.00. The minimum atomic E-state index is -0.0509. The molecule has 1 unspecified atom stereocenters. The SMILES string of the molecule is Nc1ccc(COC2CCCCO2)c2ccccc12. The van der Waals surface area contributed by atoms with Crippen LogP contribution in [0.4, 0.5) is 5.69 Å². The summed E-state index contributed by atoms with van der Waals surface area (Å²) < 4.78 is 11.4. The summed E-state index contributed by atoms with van der Waals surface area (Å²) in [5.74, 6) is 0. The van der Waals surface area contributed by atoms with Crippen molar-refractivity contribution in [1.29, 1.82) is 0 Å². The molecule has 0 aliphatic carbocycles. The summed E-state index contributed by atoms with van der Waals surface area (Å²) in [6, 6.07) is 12.2. The topological polar surface area (TPSA) is 44.5 Å². The quantitative estimate of drug-likeness (QED) is 0.856. The zero-order valence-electron chi connectivity index (χ0n) is 11.0. The van der Waals surface area contributed by atoms with Crippen LogP contribution in [0.25, 0.3) is 10.8 Å². The fourth-order valence-corrected chi connectivity index (χ4v) is 2.54. The van der Waals surface area contributed by atoms with Gasteiger partial charge in [-0.2, -0.15) is 0 Å². The van der Waals surface area contributed by atoms with E-state index in [-0.39, 0.29) is 6.29 Å². The van der Waals surface area contributed by atoms with E-state index in [1.54, 1.807) is 0 Å². The second-order valence-corrected chi connectivity index (χ2v) is 4.97. The summed E-state index contributed by atoms with van der Waals surface area (Å²) in [7, 11) is 0. The highest BCUT2D eigenvalue weighted by Gasteiger charge is 2.14. The Hall–Kier alpha value is -1.58. The van der Waals surface area contributed by atoms with E-state index in [0.717, 1.165) is 30.5 Å². The largest absolute Gasteiger partial charge is 0.398 e. The van der Waals surface area contributed by atoms with E-state index in [1.807, 2.05) is 30.3 Å². The molecule has 19 heavy (non-hydrogen) atoms. The van der Waals surface area contributed by atoms with Gasteiger partial charge in [-0.3, -0.25) is 0 Å². The van der Waals surface area contributed by atoms with E-state index in [0.29, 0.717) is 6.61 Å². The molecule has 3 nitrogen and oxygen atoms in total. The predicted octanol–water partition coefficient (Wildman–Crippen LogP) is 3.47. The Morgan fingerprint density at radius 3 is 2.74 bits per heavy atom. The number of nitrogens with two attached hydrogens (primary N) is 1. The number of anilines is 1. The van der Waals surface area contributed by atoms with Gasteiger partial charge in [-0.25, -0.2) is 0 Å². The van der Waals surface area contributed by atoms with Crippen LogP contribution in [0.2, 0.25) is 0 Å². The Morgan fingerprint density at radius 2 is 1.95 bits per heavy atom. The number of hydrogen-bond acceptors (Lipinski definition) is 3. The Labute approximate surface area is 113 Å². The zero-order valence-corrected chi connectivity index (χ0v) is 11.0. The van der Waals surface area contributed by atoms with Gasteiger partial charge in [0.15, 0.2) is 6.29 Å². The molecule has 0 bridgehead atoms. The molecule has 100 valence electrons. The molecule has 2 aromatic rings. The molecule has 0 spiro atoms. The first kappa shape index (κ1) is 12.5. The van der Waals surface area contributed by atoms with Crippen molar-refractivity contribution >= 4 is 16.5 Å². The smallest absolute Gasteiger partial charge is 0.158 e. The molecule has 1 heterocycles. The second-order valence-electron chi connectivity index (χ2n) is 4.97. The number of ether oxygens (including phenoxy) is 2. The molecular weight excluding hydrogens is 238 g/mol. The molecule has 2 N–H and O–H groups in total. The number of fused-ring (bicyclic) bond motifs is 1. The van der Waals surface area contributed by atoms with Crippen LogP contribution in [-0.2, 0) is 16.1 Å². The molecule has 0 aromatic heterocycles. The van der Waals surface area contributed by atoms with E-state index in [9.17, 15) is 0 Å². The Bertz CT molecular complexity index is 562. The lowest BCUT2D eigenvalue weighted by atomic mass is 10.0. The van der Waals surface area contributed by atoms with Crippen LogP contribution >= 0.6 is 0 Å². The van der Waals surface area contributed by atoms with Crippen LogP contribution < -0.4 is 5.73 Å². The molecule has 1 aliphatic rings. The van der Waals surface area contributed by atoms with E-state index in [2.05, 4.69) is 6.07 Å². The lowest BCUT2D eigenvalue weighted by Crippen LogP contribution is -2.22. The van der Waals surface area contributed by atoms with Gasteiger partial charge < -0.3 is 15.2 Å². The van der Waals surface area contributed by atoms with Crippen molar-refractivity contribution in [2.45, 2.75) is 32.2 Å². The average Bonchev–Trinajstić information content (AvgIpc) is 2.48. The third-order valence-corrected chi connectivity index (χ3v) is 3.61. The van der Waals surface area contributed by atoms with Gasteiger partial charge in [0.25, 0.3) is 0 Å². The van der Waals surface area contributed by atoms with Gasteiger partial charge in [0.2, 0.25) is 0 Å². The van der Waals surface area contributed by atoms with Gasteiger partial charge in [-0.1, -0.05) is 30.3 Å². The molecule has 1 fully saturated rings. The summed E-state index contributed by atoms with van der Waals surface area (Å²) in [6.07, 6.45) is 3.27. The third-order valence-electron chi connectivity index (χ3n) is 3.61. The van der Waals surface area contributed by atoms with Gasteiger partial charge in [0.1, 0.15) is 0 Å². The molecule has 2 aromatic carbocycles. The molecule has 1 saturated heterocycles. The monoisotopic (exact) mass is 257 g/mol. The average molecular weight is 257 g/mol. The first-order valence-corrected chi connectivity index (χ1v) is 6.84. The fourth-order valence-electron chi connectivity index (χ4n) is 2.54. The second kappa shape index (κ2) is 5.59. The highest BCUT2D eigenvalue weighted by atomic mass is 16.7. The summed E-state index contributed by atoms with van der Waals surface area (Å²) in [5.41, 5.74) is 7.98. The van der Waals surface area contributed by atoms with Crippen LogP contribution in [0.15, 0.2) is 36.4 Å². The van der Waals surface area contributed by atoms with E-state index >= 15 is 0 Å². The normalized spacial score (nSPS) is 19.7. The summed E-state index contributed by atoms with van der Waals surface area (Å²) in [5, 5.41) is 2.26. The maximum Gasteiger partial charge on any atom is 0.158 e. The lowest BCUT2D eigenvalue weighted by Gasteiger charge is -2.23. The van der Waals surface area contributed by atoms with Crippen molar-refractivity contribution in [3.05, 3.63) is 42.0 Å². The molecule has 0 amide bonds. The lowest BCUT2D eigenvalue weighted by molar-refractivity contribution is -0.168. The molecule has 0 radical (unpaired) electrons. The van der Waals surface area contributed by atoms with Gasteiger partial charge in [-0.05, 0) is 36.3 Å². The van der Waals surface area contributed by atoms with Gasteiger partial charge in [0.05, 0.1) is 6.61 Å². The highest BCUT2D eigenvalue weighted by molar-refractivity contribution is 5.95. The van der Waals surface area contributed by atoms with Crippen LogP contribution in [-0.4, -0.2) is 12.9 Å². The first-order valence-electron chi connectivity index (χ1n) is 6.84. The summed E-state index contributed by atoms with van der Waals surface area (Å²) in [6.45, 7) is 1.39. The van der Waals surface area contributed by atoms with Gasteiger partial charge in [0, 0.05) is 17.7 Å². The third kappa shape index (κ3) is 2.72. The van der Waals surface area contributed by atoms with Crippen molar-refractivity contribution in [3.8, 4) is 0 Å². The van der Waals surface area contributed by atoms with Crippen molar-refractivity contribution in [2.75, 3.05) is 12.3 Å². The Kier molecular flexibility index (Phi) is 3.67. The van der Waals surface area contributed by atoms with Crippen LogP contribution in [0, 0.1) is 0 Å². The highest BCUT2D eigenvalue weighted by Crippen LogP contribution is 2.26. The number of benzene rings is 2. The molecule has 3 heteroatoms. The summed E-state index contributed by atoms with van der Waals surface area (Å²) in [4.78, 5) is 0. The van der Waals surface area contributed by atoms with E-state index in [1.165, 1.54) is 17.4 Å². The van der Waals surface area contributed by atoms with Crippen LogP contribution in [0.3, 0.4) is 0 Å². The van der Waals surface area contributed by atoms with Gasteiger partial charge >= 0.3 is 0 Å². The fraction of sp³-hybridized carbons (Fsp3) is 0.375. The number of nitrogen functional groups attached to an aromatic ring is 1. The Morgan fingerprint density at radius 1 is 1.11 bits per heavy atom. The molecule has 0 saturated carbocycles. The van der Waals surface area contributed by atoms with Crippen LogP contribution in [0.1, 0.15) is 24.8 Å². The van der Waals surface area contributed by atoms with Crippen molar-refractivity contribution in [1.82, 2.24) is 0 Å². The number of hydrogen-bond donors (Lipinski definition) is 1. The standard InChI is InChI=1S/C16H19NO2/c17-15-9-8-12(13-5-1-2-6-14(13)15)11-19-16-7-3-4-10-18-16/h1-2,5-6,8-9,16H,3-4,7,10-11,17H2. The predicted molar refractivity (Wildman–Crippen MR) is 76.7 cm³/mol. The van der Waals surface area contributed by atoms with Crippen LogP contribution in [0.5, 0.6) is 0 Å². The Balaban J connectivity index is 1.79.